The second-order valence-electron chi connectivity index (χ2n) is 7.85. The number of hydrogen-bond acceptors (Lipinski definition) is 4. The van der Waals surface area contributed by atoms with Crippen LogP contribution in [0.2, 0.25) is 5.02 Å². The number of halogens is 1. The molecule has 2 atom stereocenters. The van der Waals surface area contributed by atoms with E-state index in [1.54, 1.807) is 6.33 Å². The molecule has 5 nitrogen and oxygen atoms in total. The van der Waals surface area contributed by atoms with Gasteiger partial charge in [-0.2, -0.15) is 10.1 Å². The average Bonchev–Trinajstić information content (AvgIpc) is 3.27. The van der Waals surface area contributed by atoms with Gasteiger partial charge in [0.15, 0.2) is 0 Å². The van der Waals surface area contributed by atoms with Crippen LogP contribution in [0.3, 0.4) is 0 Å². The first-order chi connectivity index (χ1) is 15.2. The Morgan fingerprint density at radius 3 is 2.58 bits per heavy atom. The number of hydrogen-bond donors (Lipinski definition) is 1. The minimum Gasteiger partial charge on any atom is -0.480 e. The predicted molar refractivity (Wildman–Crippen MR) is 121 cm³/mol. The molecular weight excluding hydrogens is 408 g/mol. The fraction of sp³-hybridized carbons (Fsp3) is 0.120. The van der Waals surface area contributed by atoms with E-state index in [2.05, 4.69) is 58.7 Å². The highest BCUT2D eigenvalue weighted by Crippen LogP contribution is 2.50. The van der Waals surface area contributed by atoms with Gasteiger partial charge in [0.05, 0.1) is 5.70 Å². The summed E-state index contributed by atoms with van der Waals surface area (Å²) in [6.07, 6.45) is 1.30. The fourth-order valence-electron chi connectivity index (χ4n) is 4.41. The maximum atomic E-state index is 6.61. The van der Waals surface area contributed by atoms with Crippen LogP contribution in [-0.2, 0) is 0 Å². The van der Waals surface area contributed by atoms with Crippen molar-refractivity contribution in [3.05, 3.63) is 112 Å². The van der Waals surface area contributed by atoms with E-state index >= 15 is 0 Å². The van der Waals surface area contributed by atoms with Crippen LogP contribution in [0, 0.1) is 6.92 Å². The molecule has 3 aromatic carbocycles. The number of nitrogens with zero attached hydrogens (tertiary/aromatic N) is 3. The maximum absolute atomic E-state index is 6.61. The van der Waals surface area contributed by atoms with Crippen LogP contribution in [0.25, 0.3) is 5.70 Å². The molecule has 0 amide bonds. The van der Waals surface area contributed by atoms with Gasteiger partial charge < -0.3 is 10.1 Å². The number of fused-ring (bicyclic) bond motifs is 3. The van der Waals surface area contributed by atoms with Gasteiger partial charge in [-0.3, -0.25) is 0 Å². The number of aromatic nitrogens is 3. The minimum absolute atomic E-state index is 0.159. The highest BCUT2D eigenvalue weighted by atomic mass is 35.5. The molecule has 0 fully saturated rings. The van der Waals surface area contributed by atoms with Crippen molar-refractivity contribution in [3.63, 3.8) is 0 Å². The summed E-state index contributed by atoms with van der Waals surface area (Å²) in [6.45, 7) is 2.09. The second kappa shape index (κ2) is 7.00. The van der Waals surface area contributed by atoms with Crippen LogP contribution in [0.15, 0.2) is 84.7 Å². The largest absolute Gasteiger partial charge is 0.480 e. The Morgan fingerprint density at radius 2 is 1.77 bits per heavy atom. The van der Waals surface area contributed by atoms with Crippen molar-refractivity contribution in [1.29, 1.82) is 0 Å². The zero-order valence-corrected chi connectivity index (χ0v) is 17.5. The van der Waals surface area contributed by atoms with Crippen LogP contribution in [0.5, 0.6) is 5.75 Å². The standard InChI is InChI=1S/C25H19ClN4O/c1-15-7-9-17(10-8-15)24-21-22(19-13-18(26)11-12-20(19)31-24)29-25-27-14-28-30(25)23(21)16-5-3-2-4-6-16/h2-14,23-24H,1H3,(H,27,28,29). The van der Waals surface area contributed by atoms with Gasteiger partial charge in [-0.25, -0.2) is 4.68 Å². The quantitative estimate of drug-likeness (QED) is 0.440. The molecule has 0 aliphatic carbocycles. The van der Waals surface area contributed by atoms with E-state index in [1.165, 1.54) is 5.56 Å². The third kappa shape index (κ3) is 2.93. The Morgan fingerprint density at radius 1 is 0.968 bits per heavy atom. The molecule has 0 saturated heterocycles. The van der Waals surface area contributed by atoms with Crippen LogP contribution in [0.1, 0.15) is 34.4 Å². The van der Waals surface area contributed by atoms with E-state index in [1.807, 2.05) is 41.1 Å². The summed E-state index contributed by atoms with van der Waals surface area (Å²) >= 11 is 6.37. The Bertz CT molecular complexity index is 1310. The zero-order chi connectivity index (χ0) is 20.9. The average molecular weight is 427 g/mol. The lowest BCUT2D eigenvalue weighted by molar-refractivity contribution is 0.223. The molecule has 0 radical (unpaired) electrons. The van der Waals surface area contributed by atoms with Crippen LogP contribution < -0.4 is 10.1 Å². The first-order valence-corrected chi connectivity index (χ1v) is 10.6. The molecule has 2 unspecified atom stereocenters. The topological polar surface area (TPSA) is 52.0 Å². The van der Waals surface area contributed by atoms with Gasteiger partial charge in [-0.05, 0) is 36.2 Å². The normalized spacial score (nSPS) is 19.0. The summed E-state index contributed by atoms with van der Waals surface area (Å²) < 4.78 is 8.53. The summed E-state index contributed by atoms with van der Waals surface area (Å²) in [5.74, 6) is 1.49. The number of benzene rings is 3. The van der Waals surface area contributed by atoms with E-state index in [0.717, 1.165) is 33.7 Å². The monoisotopic (exact) mass is 426 g/mol. The molecule has 0 saturated carbocycles. The highest BCUT2D eigenvalue weighted by molar-refractivity contribution is 6.30. The Balaban J connectivity index is 1.64. The highest BCUT2D eigenvalue weighted by Gasteiger charge is 2.40. The Labute approximate surface area is 185 Å². The van der Waals surface area contributed by atoms with Gasteiger partial charge in [0.25, 0.3) is 0 Å². The SMILES string of the molecule is Cc1ccc(C2Oc3ccc(Cl)cc3C3=C2C(c2ccccc2)n2ncnc2N3)cc1. The number of ether oxygens (including phenoxy) is 1. The molecule has 2 aliphatic rings. The first-order valence-electron chi connectivity index (χ1n) is 10.2. The van der Waals surface area contributed by atoms with E-state index in [-0.39, 0.29) is 12.1 Å². The molecule has 6 rings (SSSR count). The van der Waals surface area contributed by atoms with Crippen LogP contribution in [-0.4, -0.2) is 14.8 Å². The molecule has 1 aromatic heterocycles. The van der Waals surface area contributed by atoms with Crippen LogP contribution in [0.4, 0.5) is 5.95 Å². The molecule has 0 bridgehead atoms. The van der Waals surface area contributed by atoms with E-state index in [4.69, 9.17) is 16.3 Å². The molecule has 3 heterocycles. The first kappa shape index (κ1) is 18.2. The second-order valence-corrected chi connectivity index (χ2v) is 8.28. The van der Waals surface area contributed by atoms with Crippen molar-refractivity contribution in [3.8, 4) is 5.75 Å². The molecule has 2 aliphatic heterocycles. The number of rotatable bonds is 2. The van der Waals surface area contributed by atoms with Gasteiger partial charge >= 0.3 is 0 Å². The van der Waals surface area contributed by atoms with Gasteiger partial charge in [-0.1, -0.05) is 71.8 Å². The molecule has 31 heavy (non-hydrogen) atoms. The predicted octanol–water partition coefficient (Wildman–Crippen LogP) is 5.80. The number of aryl methyl sites for hydroxylation is 1. The van der Waals surface area contributed by atoms with Crippen LogP contribution >= 0.6 is 11.6 Å². The van der Waals surface area contributed by atoms with Crippen molar-refractivity contribution in [1.82, 2.24) is 14.8 Å². The molecule has 152 valence electrons. The third-order valence-corrected chi connectivity index (χ3v) is 6.11. The van der Waals surface area contributed by atoms with E-state index in [9.17, 15) is 0 Å². The molecule has 1 N–H and O–H groups in total. The molecule has 0 spiro atoms. The lowest BCUT2D eigenvalue weighted by atomic mass is 9.84. The minimum atomic E-state index is -0.278. The van der Waals surface area contributed by atoms with Crippen molar-refractivity contribution in [2.75, 3.05) is 5.32 Å². The summed E-state index contributed by atoms with van der Waals surface area (Å²) in [6, 6.07) is 24.4. The molecular formula is C25H19ClN4O. The lowest BCUT2D eigenvalue weighted by Crippen LogP contribution is -2.32. The fourth-order valence-corrected chi connectivity index (χ4v) is 4.59. The van der Waals surface area contributed by atoms with Gasteiger partial charge in [0, 0.05) is 16.2 Å². The molecule has 4 aromatic rings. The lowest BCUT2D eigenvalue weighted by Gasteiger charge is -2.39. The zero-order valence-electron chi connectivity index (χ0n) is 16.8. The summed E-state index contributed by atoms with van der Waals surface area (Å²) in [7, 11) is 0. The summed E-state index contributed by atoms with van der Waals surface area (Å²) in [5, 5.41) is 8.71. The smallest absolute Gasteiger partial charge is 0.226 e. The van der Waals surface area contributed by atoms with E-state index < -0.39 is 0 Å². The van der Waals surface area contributed by atoms with Gasteiger partial charge in [-0.15, -0.1) is 0 Å². The van der Waals surface area contributed by atoms with Gasteiger partial charge in [0.2, 0.25) is 5.95 Å². The summed E-state index contributed by atoms with van der Waals surface area (Å²) in [4.78, 5) is 4.46. The molecule has 6 heteroatoms. The van der Waals surface area contributed by atoms with E-state index in [0.29, 0.717) is 11.0 Å². The van der Waals surface area contributed by atoms with Gasteiger partial charge in [0.1, 0.15) is 24.2 Å². The van der Waals surface area contributed by atoms with Crippen molar-refractivity contribution >= 4 is 23.2 Å². The summed E-state index contributed by atoms with van der Waals surface area (Å²) in [5.41, 5.74) is 6.41. The maximum Gasteiger partial charge on any atom is 0.226 e. The third-order valence-electron chi connectivity index (χ3n) is 5.87. The van der Waals surface area contributed by atoms with Crippen molar-refractivity contribution in [2.24, 2.45) is 0 Å². The Kier molecular flexibility index (Phi) is 4.11. The Hall–Kier alpha value is -3.57. The number of nitrogens with one attached hydrogen (secondary N) is 1. The van der Waals surface area contributed by atoms with Crippen molar-refractivity contribution in [2.45, 2.75) is 19.1 Å². The number of anilines is 1. The van der Waals surface area contributed by atoms with Crippen molar-refractivity contribution < 1.29 is 4.74 Å².